The molecule has 112 valence electrons. The highest BCUT2D eigenvalue weighted by Gasteiger charge is 2.31. The number of halogens is 2. The third kappa shape index (κ3) is 3.39. The van der Waals surface area contributed by atoms with E-state index in [1.165, 1.54) is 13.1 Å². The van der Waals surface area contributed by atoms with Crippen LogP contribution in [0, 0.1) is 10.1 Å². The van der Waals surface area contributed by atoms with Gasteiger partial charge in [-0.2, -0.15) is 4.31 Å². The van der Waals surface area contributed by atoms with Gasteiger partial charge in [0.2, 0.25) is 10.0 Å². The highest BCUT2D eigenvalue weighted by molar-refractivity contribution is 7.89. The molecule has 0 aromatic heterocycles. The van der Waals surface area contributed by atoms with Gasteiger partial charge >= 0.3 is 0 Å². The van der Waals surface area contributed by atoms with E-state index in [-0.39, 0.29) is 0 Å². The van der Waals surface area contributed by atoms with Crippen LogP contribution in [0.25, 0.3) is 0 Å². The maximum atomic E-state index is 12.3. The van der Waals surface area contributed by atoms with Gasteiger partial charge in [0.25, 0.3) is 12.1 Å². The molecule has 0 spiro atoms. The van der Waals surface area contributed by atoms with Crippen molar-refractivity contribution in [2.24, 2.45) is 0 Å². The Hall–Kier alpha value is -1.81. The first-order valence-electron chi connectivity index (χ1n) is 5.40. The second-order valence-corrected chi connectivity index (χ2v) is 5.88. The molecule has 0 aliphatic rings. The van der Waals surface area contributed by atoms with Gasteiger partial charge in [0.05, 0.1) is 11.5 Å². The number of nitrogens with zero attached hydrogens (tertiary/aromatic N) is 2. The summed E-state index contributed by atoms with van der Waals surface area (Å²) in [5.41, 5.74) is -0.329. The fourth-order valence-corrected chi connectivity index (χ4v) is 2.78. The SMILES string of the molecule is CNc1ccc(S(=O)(=O)N(C)CC(F)F)c([N+](=O)[O-])c1. The number of nitro groups is 1. The number of alkyl halides is 2. The lowest BCUT2D eigenvalue weighted by molar-refractivity contribution is -0.387. The quantitative estimate of drug-likeness (QED) is 0.635. The molecule has 1 rings (SSSR count). The van der Waals surface area contributed by atoms with Crippen LogP contribution in [0.3, 0.4) is 0 Å². The minimum absolute atomic E-state index is 0.340. The number of anilines is 1. The lowest BCUT2D eigenvalue weighted by Crippen LogP contribution is -2.31. The summed E-state index contributed by atoms with van der Waals surface area (Å²) in [6.45, 7) is -1.03. The largest absolute Gasteiger partial charge is 0.388 e. The summed E-state index contributed by atoms with van der Waals surface area (Å²) < 4.78 is 49.0. The average molecular weight is 309 g/mol. The Morgan fingerprint density at radius 3 is 2.50 bits per heavy atom. The van der Waals surface area contributed by atoms with Gasteiger partial charge in [-0.3, -0.25) is 10.1 Å². The van der Waals surface area contributed by atoms with Gasteiger partial charge in [0.1, 0.15) is 0 Å². The van der Waals surface area contributed by atoms with Gasteiger partial charge in [-0.1, -0.05) is 0 Å². The first-order valence-corrected chi connectivity index (χ1v) is 6.85. The van der Waals surface area contributed by atoms with Crippen LogP contribution >= 0.6 is 0 Å². The summed E-state index contributed by atoms with van der Waals surface area (Å²) in [5, 5.41) is 13.6. The molecule has 20 heavy (non-hydrogen) atoms. The van der Waals surface area contributed by atoms with Crippen molar-refractivity contribution in [3.05, 3.63) is 28.3 Å². The average Bonchev–Trinajstić information content (AvgIpc) is 2.36. The van der Waals surface area contributed by atoms with Crippen LogP contribution in [0.1, 0.15) is 0 Å². The fraction of sp³-hybridized carbons (Fsp3) is 0.400. The van der Waals surface area contributed by atoms with Crippen LogP contribution in [-0.2, 0) is 10.0 Å². The zero-order valence-electron chi connectivity index (χ0n) is 10.7. The first kappa shape index (κ1) is 16.2. The zero-order valence-corrected chi connectivity index (χ0v) is 11.5. The minimum Gasteiger partial charge on any atom is -0.388 e. The maximum absolute atomic E-state index is 12.3. The van der Waals surface area contributed by atoms with E-state index in [9.17, 15) is 27.3 Å². The summed E-state index contributed by atoms with van der Waals surface area (Å²) in [7, 11) is -1.90. The van der Waals surface area contributed by atoms with Crippen molar-refractivity contribution in [3.8, 4) is 0 Å². The van der Waals surface area contributed by atoms with Crippen molar-refractivity contribution < 1.29 is 22.1 Å². The van der Waals surface area contributed by atoms with Gasteiger partial charge in [-0.25, -0.2) is 17.2 Å². The summed E-state index contributed by atoms with van der Waals surface area (Å²) in [6, 6.07) is 3.36. The Labute approximate surface area is 114 Å². The Morgan fingerprint density at radius 2 is 2.05 bits per heavy atom. The number of benzene rings is 1. The van der Waals surface area contributed by atoms with E-state index in [0.29, 0.717) is 9.99 Å². The Kier molecular flexibility index (Phi) is 4.95. The Morgan fingerprint density at radius 1 is 1.45 bits per heavy atom. The molecule has 0 aliphatic carbocycles. The normalized spacial score (nSPS) is 11.9. The third-order valence-electron chi connectivity index (χ3n) is 2.53. The van der Waals surface area contributed by atoms with Crippen molar-refractivity contribution in [2.45, 2.75) is 11.3 Å². The smallest absolute Gasteiger partial charge is 0.291 e. The molecule has 0 saturated heterocycles. The maximum Gasteiger partial charge on any atom is 0.291 e. The number of sulfonamides is 1. The van der Waals surface area contributed by atoms with E-state index in [1.54, 1.807) is 0 Å². The summed E-state index contributed by atoms with van der Waals surface area (Å²) in [5.74, 6) is 0. The van der Waals surface area contributed by atoms with Crippen LogP contribution in [0.4, 0.5) is 20.2 Å². The van der Waals surface area contributed by atoms with Crippen LogP contribution in [0.5, 0.6) is 0 Å². The first-order chi connectivity index (χ1) is 9.20. The molecule has 1 aromatic carbocycles. The standard InChI is InChI=1S/C10H13F2N3O4S/c1-13-7-3-4-9(8(5-7)15(16)17)20(18,19)14(2)6-10(11)12/h3-5,10,13H,6H2,1-2H3. The van der Waals surface area contributed by atoms with Crippen molar-refractivity contribution in [3.63, 3.8) is 0 Å². The van der Waals surface area contributed by atoms with E-state index in [2.05, 4.69) is 5.32 Å². The van der Waals surface area contributed by atoms with Gasteiger partial charge in [0.15, 0.2) is 4.90 Å². The van der Waals surface area contributed by atoms with Crippen molar-refractivity contribution in [1.29, 1.82) is 0 Å². The van der Waals surface area contributed by atoms with Gasteiger partial charge in [-0.15, -0.1) is 0 Å². The zero-order chi connectivity index (χ0) is 15.5. The number of hydrogen-bond acceptors (Lipinski definition) is 5. The molecule has 7 nitrogen and oxygen atoms in total. The second kappa shape index (κ2) is 6.09. The molecule has 1 N–H and O–H groups in total. The highest BCUT2D eigenvalue weighted by atomic mass is 32.2. The molecular formula is C10H13F2N3O4S. The molecule has 0 unspecified atom stereocenters. The molecule has 0 heterocycles. The van der Waals surface area contributed by atoms with E-state index in [4.69, 9.17) is 0 Å². The van der Waals surface area contributed by atoms with E-state index in [0.717, 1.165) is 19.2 Å². The number of rotatable bonds is 6. The topological polar surface area (TPSA) is 92.6 Å². The number of nitrogens with one attached hydrogen (secondary N) is 1. The molecular weight excluding hydrogens is 296 g/mol. The third-order valence-corrected chi connectivity index (χ3v) is 4.40. The molecule has 0 radical (unpaired) electrons. The lowest BCUT2D eigenvalue weighted by atomic mass is 10.3. The lowest BCUT2D eigenvalue weighted by Gasteiger charge is -2.16. The van der Waals surface area contributed by atoms with Crippen molar-refractivity contribution >= 4 is 21.4 Å². The monoisotopic (exact) mass is 309 g/mol. The summed E-state index contributed by atoms with van der Waals surface area (Å²) in [4.78, 5) is 9.44. The summed E-state index contributed by atoms with van der Waals surface area (Å²) >= 11 is 0. The van der Waals surface area contributed by atoms with Crippen LogP contribution in [0.2, 0.25) is 0 Å². The summed E-state index contributed by atoms with van der Waals surface area (Å²) in [6.07, 6.45) is -2.87. The Balaban J connectivity index is 3.34. The number of hydrogen-bond donors (Lipinski definition) is 1. The molecule has 0 bridgehead atoms. The molecule has 0 fully saturated rings. The van der Waals surface area contributed by atoms with E-state index in [1.807, 2.05) is 0 Å². The minimum atomic E-state index is -4.35. The van der Waals surface area contributed by atoms with Crippen LogP contribution in [0.15, 0.2) is 23.1 Å². The fourth-order valence-electron chi connectivity index (χ4n) is 1.49. The Bertz CT molecular complexity index is 607. The predicted molar refractivity (Wildman–Crippen MR) is 68.5 cm³/mol. The van der Waals surface area contributed by atoms with Crippen molar-refractivity contribution in [2.75, 3.05) is 26.0 Å². The van der Waals surface area contributed by atoms with E-state index < -0.39 is 38.5 Å². The molecule has 10 heteroatoms. The molecule has 0 saturated carbocycles. The van der Waals surface area contributed by atoms with Crippen LogP contribution in [-0.4, -0.2) is 44.7 Å². The van der Waals surface area contributed by atoms with Crippen LogP contribution < -0.4 is 5.32 Å². The predicted octanol–water partition coefficient (Wildman–Crippen LogP) is 1.52. The van der Waals surface area contributed by atoms with Gasteiger partial charge < -0.3 is 5.32 Å². The highest BCUT2D eigenvalue weighted by Crippen LogP contribution is 2.29. The van der Waals surface area contributed by atoms with Gasteiger partial charge in [-0.05, 0) is 12.1 Å². The van der Waals surface area contributed by atoms with Crippen molar-refractivity contribution in [1.82, 2.24) is 4.31 Å². The van der Waals surface area contributed by atoms with E-state index >= 15 is 0 Å². The molecule has 0 amide bonds. The van der Waals surface area contributed by atoms with Gasteiger partial charge in [0, 0.05) is 25.8 Å². The molecule has 0 atom stereocenters. The molecule has 0 aliphatic heterocycles. The molecule has 1 aromatic rings. The second-order valence-electron chi connectivity index (χ2n) is 3.87. The number of nitro benzene ring substituents is 1.